The van der Waals surface area contributed by atoms with Crippen LogP contribution in [0.5, 0.6) is 0 Å². The molecule has 0 aromatic heterocycles. The Kier molecular flexibility index (Phi) is 6.42. The van der Waals surface area contributed by atoms with Crippen LogP contribution >= 0.6 is 0 Å². The van der Waals surface area contributed by atoms with Crippen molar-refractivity contribution in [2.45, 2.75) is 39.8 Å². The lowest BCUT2D eigenvalue weighted by Gasteiger charge is -2.34. The number of benzene rings is 2. The van der Waals surface area contributed by atoms with Gasteiger partial charge in [0.1, 0.15) is 11.9 Å². The van der Waals surface area contributed by atoms with Crippen molar-refractivity contribution in [3.8, 4) is 0 Å². The summed E-state index contributed by atoms with van der Waals surface area (Å²) in [5.74, 6) is -2.48. The quantitative estimate of drug-likeness (QED) is 0.695. The number of hydrogen-bond donors (Lipinski definition) is 3. The number of carbonyl (C=O) groups excluding carboxylic acids is 1. The number of hydrazine groups is 1. The maximum absolute atomic E-state index is 14.1. The zero-order valence-electron chi connectivity index (χ0n) is 16.9. The first kappa shape index (κ1) is 21.8. The van der Waals surface area contributed by atoms with Gasteiger partial charge in [-0.1, -0.05) is 6.07 Å². The second kappa shape index (κ2) is 8.85. The molecular weight excluding hydrogens is 397 g/mol. The number of aliphatic hydroxyl groups is 1. The predicted molar refractivity (Wildman–Crippen MR) is 106 cm³/mol. The van der Waals surface area contributed by atoms with Gasteiger partial charge in [-0.25, -0.2) is 23.6 Å². The first-order chi connectivity index (χ1) is 14.2. The molecule has 1 aliphatic heterocycles. The number of amides is 1. The van der Waals surface area contributed by atoms with Crippen LogP contribution < -0.4 is 10.7 Å². The fraction of sp³-hybridized carbons (Fsp3) is 0.333. The molecule has 0 saturated carbocycles. The van der Waals surface area contributed by atoms with E-state index in [4.69, 9.17) is 5.11 Å². The second-order valence-corrected chi connectivity index (χ2v) is 7.27. The van der Waals surface area contributed by atoms with E-state index in [9.17, 15) is 18.0 Å². The number of aliphatic hydroxyl groups excluding tert-OH is 1. The molecular formula is C21H23F3N4O2. The Morgan fingerprint density at radius 1 is 1.10 bits per heavy atom. The van der Waals surface area contributed by atoms with Crippen LogP contribution in [0.4, 0.5) is 18.9 Å². The Morgan fingerprint density at radius 2 is 1.83 bits per heavy atom. The minimum atomic E-state index is -0.958. The Labute approximate surface area is 172 Å². The topological polar surface area (TPSA) is 77.0 Å². The van der Waals surface area contributed by atoms with Gasteiger partial charge in [0, 0.05) is 6.61 Å². The molecule has 1 heterocycles. The largest absolute Gasteiger partial charge is 0.396 e. The van der Waals surface area contributed by atoms with Crippen molar-refractivity contribution in [1.29, 1.82) is 0 Å². The van der Waals surface area contributed by atoms with Crippen molar-refractivity contribution in [3.63, 3.8) is 0 Å². The standard InChI is InChI=1S/C21H23F3N4O2/c1-11-7-16(22)15(4-5-29)9-18(11)25-21-26-20(30)13(3)27-28(21)10-14-6-12(2)19(24)17(23)8-14/h6-9,13,27,29H,4-5,10H2,1-3H3,(H,25,26,30). The summed E-state index contributed by atoms with van der Waals surface area (Å²) in [5, 5.41) is 13.3. The maximum atomic E-state index is 14.1. The highest BCUT2D eigenvalue weighted by atomic mass is 19.2. The van der Waals surface area contributed by atoms with Gasteiger partial charge in [-0.15, -0.1) is 0 Å². The molecule has 6 nitrogen and oxygen atoms in total. The molecule has 1 aliphatic rings. The average Bonchev–Trinajstić information content (AvgIpc) is 2.67. The van der Waals surface area contributed by atoms with E-state index in [-0.39, 0.29) is 37.0 Å². The number of guanidine groups is 1. The lowest BCUT2D eigenvalue weighted by Crippen LogP contribution is -2.63. The summed E-state index contributed by atoms with van der Waals surface area (Å²) < 4.78 is 41.5. The highest BCUT2D eigenvalue weighted by Crippen LogP contribution is 2.24. The number of rotatable bonds is 5. The average molecular weight is 420 g/mol. The number of aryl methyl sites for hydroxylation is 2. The van der Waals surface area contributed by atoms with Crippen molar-refractivity contribution in [2.75, 3.05) is 6.61 Å². The molecule has 1 unspecified atom stereocenters. The fourth-order valence-electron chi connectivity index (χ4n) is 3.17. The molecule has 0 aliphatic carbocycles. The number of halogens is 3. The van der Waals surface area contributed by atoms with Crippen molar-refractivity contribution < 1.29 is 23.1 Å². The van der Waals surface area contributed by atoms with E-state index in [2.05, 4.69) is 15.7 Å². The van der Waals surface area contributed by atoms with Crippen molar-refractivity contribution in [1.82, 2.24) is 15.8 Å². The van der Waals surface area contributed by atoms with E-state index >= 15 is 0 Å². The zero-order valence-corrected chi connectivity index (χ0v) is 16.9. The molecule has 2 aromatic rings. The fourth-order valence-corrected chi connectivity index (χ4v) is 3.17. The van der Waals surface area contributed by atoms with Gasteiger partial charge < -0.3 is 5.11 Å². The van der Waals surface area contributed by atoms with Gasteiger partial charge in [-0.3, -0.25) is 15.1 Å². The molecule has 9 heteroatoms. The summed E-state index contributed by atoms with van der Waals surface area (Å²) in [5.41, 5.74) is 4.87. The summed E-state index contributed by atoms with van der Waals surface area (Å²) >= 11 is 0. The monoisotopic (exact) mass is 420 g/mol. The zero-order chi connectivity index (χ0) is 22.0. The first-order valence-electron chi connectivity index (χ1n) is 9.47. The van der Waals surface area contributed by atoms with E-state index in [0.717, 1.165) is 6.07 Å². The van der Waals surface area contributed by atoms with Crippen LogP contribution in [0.15, 0.2) is 29.3 Å². The van der Waals surface area contributed by atoms with E-state index in [1.54, 1.807) is 13.8 Å². The van der Waals surface area contributed by atoms with Crippen molar-refractivity contribution >= 4 is 17.6 Å². The number of nitrogens with one attached hydrogen (secondary N) is 2. The molecule has 3 rings (SSSR count). The lowest BCUT2D eigenvalue weighted by molar-refractivity contribution is -0.124. The predicted octanol–water partition coefficient (Wildman–Crippen LogP) is 2.77. The van der Waals surface area contributed by atoms with Gasteiger partial charge in [-0.2, -0.15) is 0 Å². The summed E-state index contributed by atoms with van der Waals surface area (Å²) in [7, 11) is 0. The molecule has 1 saturated heterocycles. The molecule has 2 aromatic carbocycles. The van der Waals surface area contributed by atoms with Gasteiger partial charge in [0.15, 0.2) is 11.6 Å². The molecule has 0 radical (unpaired) electrons. The van der Waals surface area contributed by atoms with Crippen LogP contribution in [-0.2, 0) is 17.8 Å². The van der Waals surface area contributed by atoms with Crippen LogP contribution in [0.3, 0.4) is 0 Å². The normalized spacial score (nSPS) is 18.1. The van der Waals surface area contributed by atoms with Gasteiger partial charge in [-0.05, 0) is 67.6 Å². The molecule has 0 bridgehead atoms. The van der Waals surface area contributed by atoms with Gasteiger partial charge in [0.25, 0.3) is 0 Å². The number of hydrogen-bond acceptors (Lipinski definition) is 4. The Balaban J connectivity index is 1.98. The minimum Gasteiger partial charge on any atom is -0.396 e. The highest BCUT2D eigenvalue weighted by Gasteiger charge is 2.28. The smallest absolute Gasteiger partial charge is 0.245 e. The summed E-state index contributed by atoms with van der Waals surface area (Å²) in [4.78, 5) is 16.6. The summed E-state index contributed by atoms with van der Waals surface area (Å²) in [6.45, 7) is 4.68. The lowest BCUT2D eigenvalue weighted by atomic mass is 10.1. The first-order valence-corrected chi connectivity index (χ1v) is 9.47. The van der Waals surface area contributed by atoms with Crippen molar-refractivity contribution in [2.24, 2.45) is 4.99 Å². The van der Waals surface area contributed by atoms with E-state index in [1.807, 2.05) is 0 Å². The summed E-state index contributed by atoms with van der Waals surface area (Å²) in [6, 6.07) is 4.85. The van der Waals surface area contributed by atoms with Crippen LogP contribution in [0.25, 0.3) is 0 Å². The number of nitrogens with zero attached hydrogens (tertiary/aromatic N) is 2. The molecule has 30 heavy (non-hydrogen) atoms. The van der Waals surface area contributed by atoms with Crippen LogP contribution in [0, 0.1) is 31.3 Å². The van der Waals surface area contributed by atoms with Crippen molar-refractivity contribution in [3.05, 3.63) is 64.0 Å². The third-order valence-electron chi connectivity index (χ3n) is 4.82. The van der Waals surface area contributed by atoms with Crippen LogP contribution in [-0.4, -0.2) is 34.6 Å². The third kappa shape index (κ3) is 4.63. The van der Waals surface area contributed by atoms with Gasteiger partial charge in [0.05, 0.1) is 12.2 Å². The van der Waals surface area contributed by atoms with Crippen LogP contribution in [0.1, 0.15) is 29.2 Å². The van der Waals surface area contributed by atoms with E-state index in [0.29, 0.717) is 22.4 Å². The molecule has 1 atom stereocenters. The van der Waals surface area contributed by atoms with Crippen LogP contribution in [0.2, 0.25) is 0 Å². The molecule has 3 N–H and O–H groups in total. The van der Waals surface area contributed by atoms with Gasteiger partial charge >= 0.3 is 0 Å². The Hall–Kier alpha value is -2.91. The highest BCUT2D eigenvalue weighted by molar-refractivity contribution is 6.02. The van der Waals surface area contributed by atoms with E-state index < -0.39 is 23.5 Å². The molecule has 160 valence electrons. The van der Waals surface area contributed by atoms with Gasteiger partial charge in [0.2, 0.25) is 11.9 Å². The number of carbonyl (C=O) groups is 1. The summed E-state index contributed by atoms with van der Waals surface area (Å²) in [6.07, 6.45) is 0.128. The molecule has 1 amide bonds. The maximum Gasteiger partial charge on any atom is 0.245 e. The minimum absolute atomic E-state index is 0.102. The SMILES string of the molecule is Cc1cc(F)c(CCO)cc1N=C1NC(=O)C(C)NN1Cc1cc(C)c(F)c(F)c1. The second-order valence-electron chi connectivity index (χ2n) is 7.27. The van der Waals surface area contributed by atoms with E-state index in [1.165, 1.54) is 30.1 Å². The Morgan fingerprint density at radius 3 is 2.50 bits per heavy atom. The number of aliphatic imine (C=N–C) groups is 1. The third-order valence-corrected chi connectivity index (χ3v) is 4.82. The molecule has 1 fully saturated rings. The molecule has 0 spiro atoms. The Bertz CT molecular complexity index is 987.